The zero-order valence-electron chi connectivity index (χ0n) is 21.6. The zero-order valence-corrected chi connectivity index (χ0v) is 22.3. The predicted octanol–water partition coefficient (Wildman–Crippen LogP) is 7.35. The highest BCUT2D eigenvalue weighted by Gasteiger charge is 2.12. The molecular weight excluding hydrogens is 472 g/mol. The van der Waals surface area contributed by atoms with Crippen molar-refractivity contribution in [1.29, 1.82) is 0 Å². The number of pyridine rings is 2. The van der Waals surface area contributed by atoms with Crippen molar-refractivity contribution in [3.63, 3.8) is 0 Å². The number of benzene rings is 3. The van der Waals surface area contributed by atoms with E-state index >= 15 is 0 Å². The third-order valence-electron chi connectivity index (χ3n) is 7.04. The molecule has 0 aliphatic rings. The average molecular weight is 505 g/mol. The molecule has 0 amide bonds. The van der Waals surface area contributed by atoms with Crippen LogP contribution >= 0.6 is 11.6 Å². The number of hydrogen-bond acceptors (Lipinski definition) is 0. The minimum absolute atomic E-state index is 0.840. The summed E-state index contributed by atoms with van der Waals surface area (Å²) in [6.07, 6.45) is 10.8. The maximum absolute atomic E-state index is 6.33. The van der Waals surface area contributed by atoms with E-state index in [-0.39, 0.29) is 0 Å². The first-order valence-electron chi connectivity index (χ1n) is 12.9. The molecule has 0 aliphatic heterocycles. The van der Waals surface area contributed by atoms with E-state index in [0.29, 0.717) is 0 Å². The molecule has 3 aromatic carbocycles. The van der Waals surface area contributed by atoms with Gasteiger partial charge in [0.05, 0.1) is 0 Å². The Balaban J connectivity index is 1.26. The molecule has 0 aliphatic carbocycles. The van der Waals surface area contributed by atoms with E-state index in [1.807, 2.05) is 18.2 Å². The van der Waals surface area contributed by atoms with Crippen molar-refractivity contribution in [2.75, 3.05) is 0 Å². The van der Waals surface area contributed by atoms with Crippen LogP contribution in [0.15, 0.2) is 116 Å². The van der Waals surface area contributed by atoms with Crippen molar-refractivity contribution >= 4 is 11.6 Å². The lowest BCUT2D eigenvalue weighted by Crippen LogP contribution is -2.34. The SMILES string of the molecule is Cc1c[n+](CCc2ccccc2)ccc1-c1ccc(-c2cc[n+](CCc3ccccc3Cl)cc2C)cc1. The lowest BCUT2D eigenvalue weighted by atomic mass is 9.97. The molecule has 37 heavy (non-hydrogen) atoms. The Morgan fingerprint density at radius 2 is 1.08 bits per heavy atom. The van der Waals surface area contributed by atoms with Crippen molar-refractivity contribution in [1.82, 2.24) is 0 Å². The van der Waals surface area contributed by atoms with Crippen LogP contribution in [0.4, 0.5) is 0 Å². The quantitative estimate of drug-likeness (QED) is 0.195. The lowest BCUT2D eigenvalue weighted by Gasteiger charge is -2.09. The minimum atomic E-state index is 0.840. The number of halogens is 1. The van der Waals surface area contributed by atoms with E-state index in [2.05, 4.69) is 121 Å². The number of rotatable bonds is 8. The summed E-state index contributed by atoms with van der Waals surface area (Å²) in [6.45, 7) is 6.27. The standard InChI is InChI=1S/C34H33ClN2/c1-26-24-36(20-16-28-8-4-3-5-9-28)22-18-32(26)29-12-14-30(15-13-29)33-19-23-37(25-27(33)2)21-17-31-10-6-7-11-34(31)35/h3-15,18-19,22-25H,16-17,20-21H2,1-2H3/q+2. The predicted molar refractivity (Wildman–Crippen MR) is 152 cm³/mol. The van der Waals surface area contributed by atoms with Gasteiger partial charge in [-0.3, -0.25) is 0 Å². The summed E-state index contributed by atoms with van der Waals surface area (Å²) in [4.78, 5) is 0. The van der Waals surface area contributed by atoms with Crippen LogP contribution in [0.2, 0.25) is 5.02 Å². The number of nitrogens with zero attached hydrogens (tertiary/aromatic N) is 2. The Bertz CT molecular complexity index is 1490. The highest BCUT2D eigenvalue weighted by molar-refractivity contribution is 6.31. The first-order chi connectivity index (χ1) is 18.1. The average Bonchev–Trinajstić information content (AvgIpc) is 2.92. The molecule has 0 radical (unpaired) electrons. The van der Waals surface area contributed by atoms with Crippen LogP contribution in [0.5, 0.6) is 0 Å². The second-order valence-electron chi connectivity index (χ2n) is 9.71. The molecule has 3 heteroatoms. The highest BCUT2D eigenvalue weighted by atomic mass is 35.5. The monoisotopic (exact) mass is 504 g/mol. The fraction of sp³-hybridized carbons (Fsp3) is 0.176. The summed E-state index contributed by atoms with van der Waals surface area (Å²) in [7, 11) is 0. The fourth-order valence-corrected chi connectivity index (χ4v) is 5.17. The topological polar surface area (TPSA) is 7.76 Å². The van der Waals surface area contributed by atoms with Crippen LogP contribution in [0.25, 0.3) is 22.3 Å². The molecule has 184 valence electrons. The van der Waals surface area contributed by atoms with Crippen LogP contribution in [0, 0.1) is 13.8 Å². The molecule has 5 rings (SSSR count). The first kappa shape index (κ1) is 24.9. The van der Waals surface area contributed by atoms with Gasteiger partial charge < -0.3 is 0 Å². The minimum Gasteiger partial charge on any atom is -0.204 e. The van der Waals surface area contributed by atoms with E-state index in [0.717, 1.165) is 31.0 Å². The van der Waals surface area contributed by atoms with Gasteiger partial charge in [0.2, 0.25) is 0 Å². The molecule has 0 spiro atoms. The van der Waals surface area contributed by atoms with Gasteiger partial charge >= 0.3 is 0 Å². The summed E-state index contributed by atoms with van der Waals surface area (Å²) in [6, 6.07) is 32.2. The van der Waals surface area contributed by atoms with Crippen LogP contribution in [-0.2, 0) is 25.9 Å². The summed E-state index contributed by atoms with van der Waals surface area (Å²) >= 11 is 6.33. The van der Waals surface area contributed by atoms with Crippen molar-refractivity contribution in [3.8, 4) is 22.3 Å². The number of aryl methyl sites for hydroxylation is 6. The molecule has 0 atom stereocenters. The maximum Gasteiger partial charge on any atom is 0.172 e. The third kappa shape index (κ3) is 6.15. The Labute approximate surface area is 225 Å². The van der Waals surface area contributed by atoms with Gasteiger partial charge in [0.1, 0.15) is 0 Å². The van der Waals surface area contributed by atoms with Crippen LogP contribution in [-0.4, -0.2) is 0 Å². The van der Waals surface area contributed by atoms with Crippen molar-refractivity contribution in [3.05, 3.63) is 143 Å². The third-order valence-corrected chi connectivity index (χ3v) is 7.41. The molecule has 0 saturated carbocycles. The van der Waals surface area contributed by atoms with Gasteiger partial charge in [-0.05, 0) is 53.3 Å². The molecule has 0 saturated heterocycles. The molecule has 2 nitrogen and oxygen atoms in total. The van der Waals surface area contributed by atoms with E-state index < -0.39 is 0 Å². The molecular formula is C34H33ClN2+2. The lowest BCUT2D eigenvalue weighted by molar-refractivity contribution is -0.696. The van der Waals surface area contributed by atoms with Gasteiger partial charge in [-0.1, -0.05) is 84.4 Å². The summed E-state index contributed by atoms with van der Waals surface area (Å²) < 4.78 is 4.53. The highest BCUT2D eigenvalue weighted by Crippen LogP contribution is 2.27. The summed E-state index contributed by atoms with van der Waals surface area (Å²) in [5, 5.41) is 0.840. The van der Waals surface area contributed by atoms with E-state index in [9.17, 15) is 0 Å². The summed E-state index contributed by atoms with van der Waals surface area (Å²) in [5.74, 6) is 0. The Kier molecular flexibility index (Phi) is 7.77. The Morgan fingerprint density at radius 1 is 0.568 bits per heavy atom. The van der Waals surface area contributed by atoms with Gasteiger partial charge in [-0.2, -0.15) is 0 Å². The van der Waals surface area contributed by atoms with Crippen LogP contribution in [0.3, 0.4) is 0 Å². The first-order valence-corrected chi connectivity index (χ1v) is 13.3. The van der Waals surface area contributed by atoms with E-state index in [1.54, 1.807) is 0 Å². The van der Waals surface area contributed by atoms with Gasteiger partial charge in [-0.15, -0.1) is 0 Å². The maximum atomic E-state index is 6.33. The smallest absolute Gasteiger partial charge is 0.172 e. The van der Waals surface area contributed by atoms with Crippen LogP contribution in [0.1, 0.15) is 22.3 Å². The fourth-order valence-electron chi connectivity index (χ4n) is 4.93. The van der Waals surface area contributed by atoms with E-state index in [1.165, 1.54) is 44.5 Å². The molecule has 0 unspecified atom stereocenters. The molecule has 0 bridgehead atoms. The molecule has 0 N–H and O–H groups in total. The largest absolute Gasteiger partial charge is 0.204 e. The zero-order chi connectivity index (χ0) is 25.6. The Morgan fingerprint density at radius 3 is 1.62 bits per heavy atom. The van der Waals surface area contributed by atoms with Gasteiger partial charge in [0.25, 0.3) is 0 Å². The number of hydrogen-bond donors (Lipinski definition) is 0. The second kappa shape index (κ2) is 11.5. The summed E-state index contributed by atoms with van der Waals surface area (Å²) in [5.41, 5.74) is 10.2. The molecule has 5 aromatic rings. The van der Waals surface area contributed by atoms with Gasteiger partial charge in [0.15, 0.2) is 37.9 Å². The molecule has 2 heterocycles. The Hall–Kier alpha value is -3.75. The second-order valence-corrected chi connectivity index (χ2v) is 10.1. The van der Waals surface area contributed by atoms with Gasteiger partial charge in [-0.25, -0.2) is 9.13 Å². The van der Waals surface area contributed by atoms with Crippen molar-refractivity contribution < 1.29 is 9.13 Å². The van der Waals surface area contributed by atoms with Gasteiger partial charge in [0, 0.05) is 41.1 Å². The normalized spacial score (nSPS) is 11.0. The molecule has 2 aromatic heterocycles. The molecule has 0 fully saturated rings. The van der Waals surface area contributed by atoms with Crippen molar-refractivity contribution in [2.45, 2.75) is 39.8 Å². The van der Waals surface area contributed by atoms with Crippen LogP contribution < -0.4 is 9.13 Å². The number of aromatic nitrogens is 2. The van der Waals surface area contributed by atoms with E-state index in [4.69, 9.17) is 11.6 Å². The van der Waals surface area contributed by atoms with Crippen molar-refractivity contribution in [2.24, 2.45) is 0 Å².